The molecule has 4 aliphatic carbocycles. The van der Waals surface area contributed by atoms with E-state index >= 15 is 0 Å². The van der Waals surface area contributed by atoms with Crippen molar-refractivity contribution < 1.29 is 5.11 Å². The van der Waals surface area contributed by atoms with Crippen LogP contribution in [0.25, 0.3) is 5.57 Å². The second-order valence-electron chi connectivity index (χ2n) is 10.6. The summed E-state index contributed by atoms with van der Waals surface area (Å²) in [5, 5.41) is 10.7. The summed E-state index contributed by atoms with van der Waals surface area (Å²) in [5.74, 6) is 5.64. The molecule has 1 N–H and O–H groups in total. The van der Waals surface area contributed by atoms with Crippen LogP contribution >= 0.6 is 0 Å². The minimum Gasteiger partial charge on any atom is -0.378 e. The highest BCUT2D eigenvalue weighted by Gasteiger charge is 2.59. The lowest BCUT2D eigenvalue weighted by Gasteiger charge is -2.61. The largest absolute Gasteiger partial charge is 0.378 e. The fourth-order valence-corrected chi connectivity index (χ4v) is 7.91. The zero-order valence-corrected chi connectivity index (χ0v) is 17.3. The van der Waals surface area contributed by atoms with Gasteiger partial charge < -0.3 is 5.11 Å². The first-order valence-electron chi connectivity index (χ1n) is 11.2. The first-order chi connectivity index (χ1) is 13.4. The molecule has 4 unspecified atom stereocenters. The van der Waals surface area contributed by atoms with Gasteiger partial charge >= 0.3 is 0 Å². The second-order valence-corrected chi connectivity index (χ2v) is 10.6. The lowest BCUT2D eigenvalue weighted by Crippen LogP contribution is -2.55. The van der Waals surface area contributed by atoms with Gasteiger partial charge in [0.2, 0.25) is 0 Å². The van der Waals surface area contributed by atoms with E-state index < -0.39 is 5.60 Å². The van der Waals surface area contributed by atoms with Crippen LogP contribution in [0.15, 0.2) is 30.6 Å². The molecule has 0 saturated heterocycles. The van der Waals surface area contributed by atoms with Crippen molar-refractivity contribution in [1.29, 1.82) is 0 Å². The van der Waals surface area contributed by atoms with E-state index in [1.807, 2.05) is 12.4 Å². The van der Waals surface area contributed by atoms with Crippen molar-refractivity contribution in [3.05, 3.63) is 36.2 Å². The Morgan fingerprint density at radius 3 is 2.75 bits per heavy atom. The van der Waals surface area contributed by atoms with Crippen molar-refractivity contribution >= 4 is 5.57 Å². The zero-order chi connectivity index (χ0) is 19.6. The van der Waals surface area contributed by atoms with Gasteiger partial charge in [-0.2, -0.15) is 0 Å². The molecule has 3 saturated carbocycles. The molecule has 5 rings (SSSR count). The molecular formula is C26H33NO. The minimum atomic E-state index is -0.859. The predicted octanol–water partition coefficient (Wildman–Crippen LogP) is 5.48. The maximum Gasteiger partial charge on any atom is 0.125 e. The van der Waals surface area contributed by atoms with Crippen LogP contribution in [0.3, 0.4) is 0 Å². The normalized spacial score (nSPS) is 47.3. The van der Waals surface area contributed by atoms with Gasteiger partial charge in [0.1, 0.15) is 5.60 Å². The molecule has 2 heteroatoms. The van der Waals surface area contributed by atoms with Crippen LogP contribution in [0.1, 0.15) is 70.8 Å². The molecular weight excluding hydrogens is 342 g/mol. The monoisotopic (exact) mass is 375 g/mol. The van der Waals surface area contributed by atoms with E-state index in [0.29, 0.717) is 16.7 Å². The van der Waals surface area contributed by atoms with Crippen molar-refractivity contribution in [3.8, 4) is 12.3 Å². The van der Waals surface area contributed by atoms with Gasteiger partial charge in [0.25, 0.3) is 0 Å². The first kappa shape index (κ1) is 18.4. The molecule has 2 nitrogen and oxygen atoms in total. The molecule has 0 amide bonds. The Labute approximate surface area is 169 Å². The fraction of sp³-hybridized carbons (Fsp3) is 0.654. The second kappa shape index (κ2) is 6.20. The van der Waals surface area contributed by atoms with Crippen LogP contribution in [-0.4, -0.2) is 15.7 Å². The van der Waals surface area contributed by atoms with Crippen LogP contribution in [0.5, 0.6) is 0 Å². The third-order valence-electron chi connectivity index (χ3n) is 9.55. The fourth-order valence-electron chi connectivity index (χ4n) is 7.91. The van der Waals surface area contributed by atoms with Crippen molar-refractivity contribution in [2.75, 3.05) is 0 Å². The van der Waals surface area contributed by atoms with E-state index in [2.05, 4.69) is 43.0 Å². The minimum absolute atomic E-state index is 0.293. The van der Waals surface area contributed by atoms with E-state index in [9.17, 15) is 5.11 Å². The van der Waals surface area contributed by atoms with Crippen LogP contribution in [0, 0.1) is 46.8 Å². The van der Waals surface area contributed by atoms with E-state index in [-0.39, 0.29) is 0 Å². The molecule has 148 valence electrons. The highest BCUT2D eigenvalue weighted by atomic mass is 16.3. The molecule has 3 fully saturated rings. The van der Waals surface area contributed by atoms with Crippen molar-refractivity contribution in [1.82, 2.24) is 4.98 Å². The standard InChI is InChI=1S/C26H33NO/c1-4-26(28)14-13-24(2)19(16-26)7-8-20-22-10-9-21(18-6-5-15-27-17-18)25(22,3)12-11-23(20)24/h1,5-6,9,15,17,19-20,22-23,28H,7-8,10-14,16H2,2-3H3/t19?,20?,22?,23?,24-,25+,26-/m0/s1. The summed E-state index contributed by atoms with van der Waals surface area (Å²) in [6.45, 7) is 5.05. The van der Waals surface area contributed by atoms with Gasteiger partial charge in [-0.25, -0.2) is 0 Å². The maximum atomic E-state index is 10.7. The number of aliphatic hydroxyl groups is 1. The number of pyridine rings is 1. The number of fused-ring (bicyclic) bond motifs is 5. The summed E-state index contributed by atoms with van der Waals surface area (Å²) >= 11 is 0. The molecule has 4 aliphatic rings. The van der Waals surface area contributed by atoms with Crippen molar-refractivity contribution in [3.63, 3.8) is 0 Å². The summed E-state index contributed by atoms with van der Waals surface area (Å²) < 4.78 is 0. The summed E-state index contributed by atoms with van der Waals surface area (Å²) in [7, 11) is 0. The molecule has 0 radical (unpaired) electrons. The zero-order valence-electron chi connectivity index (χ0n) is 17.3. The third-order valence-corrected chi connectivity index (χ3v) is 9.55. The van der Waals surface area contributed by atoms with Crippen LogP contribution in [0.4, 0.5) is 0 Å². The number of nitrogens with zero attached hydrogens (tertiary/aromatic N) is 1. The average Bonchev–Trinajstić information content (AvgIpc) is 3.06. The summed E-state index contributed by atoms with van der Waals surface area (Å²) in [6, 6.07) is 4.30. The quantitative estimate of drug-likeness (QED) is 0.659. The van der Waals surface area contributed by atoms with Crippen LogP contribution < -0.4 is 0 Å². The highest BCUT2D eigenvalue weighted by Crippen LogP contribution is 2.67. The van der Waals surface area contributed by atoms with Crippen molar-refractivity contribution in [2.45, 2.75) is 70.8 Å². The predicted molar refractivity (Wildman–Crippen MR) is 113 cm³/mol. The molecule has 1 aromatic heterocycles. The van der Waals surface area contributed by atoms with Crippen LogP contribution in [-0.2, 0) is 0 Å². The van der Waals surface area contributed by atoms with Gasteiger partial charge in [0, 0.05) is 12.4 Å². The SMILES string of the molecule is C#C[C@]1(O)CC[C@@]2(C)C(CCC3C2CC[C@]2(C)C(c4cccnc4)=CCC32)C1. The number of rotatable bonds is 1. The van der Waals surface area contributed by atoms with Gasteiger partial charge in [0.05, 0.1) is 0 Å². The van der Waals surface area contributed by atoms with E-state index in [4.69, 9.17) is 6.42 Å². The molecule has 0 aromatic carbocycles. The van der Waals surface area contributed by atoms with Gasteiger partial charge in [0.15, 0.2) is 0 Å². The molecule has 0 bridgehead atoms. The van der Waals surface area contributed by atoms with Gasteiger partial charge in [-0.3, -0.25) is 4.98 Å². The Morgan fingerprint density at radius 2 is 2.00 bits per heavy atom. The first-order valence-corrected chi connectivity index (χ1v) is 11.2. The molecule has 1 heterocycles. The number of aromatic nitrogens is 1. The van der Waals surface area contributed by atoms with Crippen molar-refractivity contribution in [2.24, 2.45) is 34.5 Å². The highest BCUT2D eigenvalue weighted by molar-refractivity contribution is 5.72. The number of terminal acetylenes is 1. The molecule has 7 atom stereocenters. The average molecular weight is 376 g/mol. The van der Waals surface area contributed by atoms with Gasteiger partial charge in [-0.05, 0) is 103 Å². The summed E-state index contributed by atoms with van der Waals surface area (Å²) in [6.07, 6.45) is 21.2. The van der Waals surface area contributed by atoms with Gasteiger partial charge in [-0.1, -0.05) is 31.9 Å². The summed E-state index contributed by atoms with van der Waals surface area (Å²) in [5.41, 5.74) is 2.65. The Balaban J connectivity index is 1.42. The third kappa shape index (κ3) is 2.48. The number of allylic oxidation sites excluding steroid dienone is 2. The Morgan fingerprint density at radius 1 is 1.14 bits per heavy atom. The number of hydrogen-bond donors (Lipinski definition) is 1. The van der Waals surface area contributed by atoms with E-state index in [0.717, 1.165) is 37.0 Å². The smallest absolute Gasteiger partial charge is 0.125 e. The Kier molecular flexibility index (Phi) is 4.08. The Hall–Kier alpha value is -1.59. The Bertz CT molecular complexity index is 838. The number of hydrogen-bond acceptors (Lipinski definition) is 2. The van der Waals surface area contributed by atoms with Crippen LogP contribution in [0.2, 0.25) is 0 Å². The molecule has 0 aliphatic heterocycles. The van der Waals surface area contributed by atoms with E-state index in [1.54, 1.807) is 5.57 Å². The topological polar surface area (TPSA) is 33.1 Å². The maximum absolute atomic E-state index is 10.7. The molecule has 28 heavy (non-hydrogen) atoms. The molecule has 0 spiro atoms. The molecule has 1 aromatic rings. The lowest BCUT2D eigenvalue weighted by molar-refractivity contribution is -0.128. The lowest BCUT2D eigenvalue weighted by atomic mass is 9.44. The van der Waals surface area contributed by atoms with Gasteiger partial charge in [-0.15, -0.1) is 6.42 Å². The van der Waals surface area contributed by atoms with E-state index in [1.165, 1.54) is 37.7 Å². The summed E-state index contributed by atoms with van der Waals surface area (Å²) in [4.78, 5) is 4.39.